The molecule has 1 aliphatic carbocycles. The fourth-order valence-electron chi connectivity index (χ4n) is 5.18. The summed E-state index contributed by atoms with van der Waals surface area (Å²) in [5.74, 6) is 2.33. The van der Waals surface area contributed by atoms with Gasteiger partial charge in [0.1, 0.15) is 11.6 Å². The van der Waals surface area contributed by atoms with Crippen LogP contribution in [0.1, 0.15) is 65.1 Å². The van der Waals surface area contributed by atoms with E-state index in [4.69, 9.17) is 14.5 Å². The molecule has 6 heteroatoms. The number of esters is 1. The van der Waals surface area contributed by atoms with E-state index in [2.05, 4.69) is 36.7 Å². The average molecular weight is 440 g/mol. The lowest BCUT2D eigenvalue weighted by Gasteiger charge is -2.38. The highest BCUT2D eigenvalue weighted by molar-refractivity contribution is 5.79. The van der Waals surface area contributed by atoms with Crippen molar-refractivity contribution < 1.29 is 14.3 Å². The maximum Gasteiger partial charge on any atom is 0.310 e. The normalized spacial score (nSPS) is 24.6. The molecule has 2 aliphatic rings. The van der Waals surface area contributed by atoms with Gasteiger partial charge in [0, 0.05) is 18.1 Å². The standard InChI is InChI=1S/C26H37N3O3/c1-5-26(2,3)20-6-8-21(9-7-20)32-22-10-11-23-19(14-22)15-27-24(28-23)17-29-13-12-18(16-29)25(30)31-4/h10-11,14-15,18,20-21H,5-9,12-13,16-17H2,1-4H3. The van der Waals surface area contributed by atoms with Crippen LogP contribution in [-0.2, 0) is 16.1 Å². The highest BCUT2D eigenvalue weighted by Gasteiger charge is 2.32. The lowest BCUT2D eigenvalue weighted by Crippen LogP contribution is -2.31. The highest BCUT2D eigenvalue weighted by atomic mass is 16.5. The maximum atomic E-state index is 11.7. The summed E-state index contributed by atoms with van der Waals surface area (Å²) in [4.78, 5) is 23.3. The van der Waals surface area contributed by atoms with E-state index in [1.54, 1.807) is 0 Å². The van der Waals surface area contributed by atoms with Crippen molar-refractivity contribution in [3.05, 3.63) is 30.2 Å². The monoisotopic (exact) mass is 439 g/mol. The smallest absolute Gasteiger partial charge is 0.310 e. The van der Waals surface area contributed by atoms with E-state index < -0.39 is 0 Å². The third-order valence-corrected chi connectivity index (χ3v) is 7.77. The molecule has 0 radical (unpaired) electrons. The molecule has 1 unspecified atom stereocenters. The number of nitrogens with zero attached hydrogens (tertiary/aromatic N) is 3. The minimum atomic E-state index is -0.123. The SMILES string of the molecule is CCC(C)(C)C1CCC(Oc2ccc3nc(CN4CCC(C(=O)OC)C4)ncc3c2)CC1. The number of aromatic nitrogens is 2. The molecule has 174 valence electrons. The molecule has 32 heavy (non-hydrogen) atoms. The van der Waals surface area contributed by atoms with Crippen molar-refractivity contribution in [1.82, 2.24) is 14.9 Å². The Labute approximate surface area is 191 Å². The number of methoxy groups -OCH3 is 1. The number of rotatable bonds is 7. The van der Waals surface area contributed by atoms with Crippen molar-refractivity contribution >= 4 is 16.9 Å². The summed E-state index contributed by atoms with van der Waals surface area (Å²) in [6.07, 6.45) is 9.01. The molecule has 2 aromatic rings. The molecular weight excluding hydrogens is 402 g/mol. The Balaban J connectivity index is 1.34. The Bertz CT molecular complexity index is 937. The van der Waals surface area contributed by atoms with Crippen LogP contribution >= 0.6 is 0 Å². The van der Waals surface area contributed by atoms with Crippen LogP contribution in [0.15, 0.2) is 24.4 Å². The van der Waals surface area contributed by atoms with E-state index in [9.17, 15) is 4.79 Å². The number of hydrogen-bond donors (Lipinski definition) is 0. The van der Waals surface area contributed by atoms with Gasteiger partial charge in [0.2, 0.25) is 0 Å². The summed E-state index contributed by atoms with van der Waals surface area (Å²) in [6, 6.07) is 6.12. The lowest BCUT2D eigenvalue weighted by atomic mass is 9.69. The second kappa shape index (κ2) is 9.74. The molecule has 6 nitrogen and oxygen atoms in total. The molecule has 1 saturated carbocycles. The Kier molecular flexibility index (Phi) is 6.99. The Morgan fingerprint density at radius 1 is 1.19 bits per heavy atom. The second-order valence-electron chi connectivity index (χ2n) is 10.2. The molecule has 1 aromatic carbocycles. The Hall–Kier alpha value is -2.21. The fourth-order valence-corrected chi connectivity index (χ4v) is 5.18. The number of fused-ring (bicyclic) bond motifs is 1. The van der Waals surface area contributed by atoms with Crippen LogP contribution in [0, 0.1) is 17.3 Å². The fraction of sp³-hybridized carbons (Fsp3) is 0.654. The van der Waals surface area contributed by atoms with Gasteiger partial charge in [-0.1, -0.05) is 27.2 Å². The first kappa shape index (κ1) is 23.0. The van der Waals surface area contributed by atoms with E-state index >= 15 is 0 Å². The van der Waals surface area contributed by atoms with E-state index in [0.29, 0.717) is 24.6 Å². The van der Waals surface area contributed by atoms with E-state index in [-0.39, 0.29) is 11.9 Å². The van der Waals surface area contributed by atoms with Crippen LogP contribution in [0.4, 0.5) is 0 Å². The third kappa shape index (κ3) is 5.22. The number of carbonyl (C=O) groups excluding carboxylic acids is 1. The van der Waals surface area contributed by atoms with E-state index in [1.165, 1.54) is 26.4 Å². The molecule has 0 amide bonds. The van der Waals surface area contributed by atoms with Crippen molar-refractivity contribution in [3.8, 4) is 5.75 Å². The second-order valence-corrected chi connectivity index (χ2v) is 10.2. The van der Waals surface area contributed by atoms with Gasteiger partial charge < -0.3 is 9.47 Å². The summed E-state index contributed by atoms with van der Waals surface area (Å²) < 4.78 is 11.2. The first-order valence-corrected chi connectivity index (χ1v) is 12.1. The molecule has 0 spiro atoms. The van der Waals surface area contributed by atoms with Crippen molar-refractivity contribution in [2.24, 2.45) is 17.3 Å². The molecule has 1 saturated heterocycles. The number of carbonyl (C=O) groups is 1. The predicted octanol–water partition coefficient (Wildman–Crippen LogP) is 5.00. The van der Waals surface area contributed by atoms with Crippen LogP contribution in [0.25, 0.3) is 10.9 Å². The summed E-state index contributed by atoms with van der Waals surface area (Å²) in [5, 5.41) is 1.00. The van der Waals surface area contributed by atoms with Crippen LogP contribution in [0.2, 0.25) is 0 Å². The molecule has 4 rings (SSSR count). The van der Waals surface area contributed by atoms with Gasteiger partial charge in [-0.2, -0.15) is 0 Å². The Morgan fingerprint density at radius 3 is 2.69 bits per heavy atom. The van der Waals surface area contributed by atoms with Crippen LogP contribution in [0.3, 0.4) is 0 Å². The minimum Gasteiger partial charge on any atom is -0.490 e. The topological polar surface area (TPSA) is 64.5 Å². The average Bonchev–Trinajstić information content (AvgIpc) is 3.27. The summed E-state index contributed by atoms with van der Waals surface area (Å²) >= 11 is 0. The van der Waals surface area contributed by atoms with Crippen molar-refractivity contribution in [3.63, 3.8) is 0 Å². The summed E-state index contributed by atoms with van der Waals surface area (Å²) in [7, 11) is 1.45. The summed E-state index contributed by atoms with van der Waals surface area (Å²) in [6.45, 7) is 9.33. The van der Waals surface area contributed by atoms with Crippen molar-refractivity contribution in [2.75, 3.05) is 20.2 Å². The van der Waals surface area contributed by atoms with Crippen LogP contribution in [0.5, 0.6) is 5.75 Å². The molecule has 0 N–H and O–H groups in total. The first-order chi connectivity index (χ1) is 15.4. The molecule has 1 atom stereocenters. The molecule has 2 heterocycles. The number of benzene rings is 1. The zero-order chi connectivity index (χ0) is 22.7. The van der Waals surface area contributed by atoms with Gasteiger partial charge in [-0.25, -0.2) is 9.97 Å². The van der Waals surface area contributed by atoms with Crippen molar-refractivity contribution in [2.45, 2.75) is 71.9 Å². The summed E-state index contributed by atoms with van der Waals surface area (Å²) in [5.41, 5.74) is 1.36. The van der Waals surface area contributed by atoms with Gasteiger partial charge in [0.25, 0.3) is 0 Å². The largest absolute Gasteiger partial charge is 0.490 e. The minimum absolute atomic E-state index is 0.0386. The van der Waals surface area contributed by atoms with E-state index in [1.807, 2.05) is 18.3 Å². The van der Waals surface area contributed by atoms with Crippen molar-refractivity contribution in [1.29, 1.82) is 0 Å². The third-order valence-electron chi connectivity index (χ3n) is 7.77. The maximum absolute atomic E-state index is 11.7. The highest BCUT2D eigenvalue weighted by Crippen LogP contribution is 2.41. The van der Waals surface area contributed by atoms with Gasteiger partial charge in [-0.3, -0.25) is 9.69 Å². The molecule has 2 fully saturated rings. The first-order valence-electron chi connectivity index (χ1n) is 12.1. The number of likely N-dealkylation sites (tertiary alicyclic amines) is 1. The Morgan fingerprint density at radius 2 is 1.97 bits per heavy atom. The van der Waals surface area contributed by atoms with Gasteiger partial charge in [-0.15, -0.1) is 0 Å². The predicted molar refractivity (Wildman–Crippen MR) is 125 cm³/mol. The molecular formula is C26H37N3O3. The van der Waals surface area contributed by atoms with E-state index in [0.717, 1.165) is 54.2 Å². The zero-order valence-corrected chi connectivity index (χ0v) is 20.0. The quantitative estimate of drug-likeness (QED) is 0.566. The van der Waals surface area contributed by atoms with Crippen LogP contribution in [-0.4, -0.2) is 47.1 Å². The molecule has 1 aliphatic heterocycles. The zero-order valence-electron chi connectivity index (χ0n) is 20.0. The van der Waals surface area contributed by atoms with Crippen LogP contribution < -0.4 is 4.74 Å². The number of hydrogen-bond acceptors (Lipinski definition) is 6. The van der Waals surface area contributed by atoms with Gasteiger partial charge >= 0.3 is 5.97 Å². The lowest BCUT2D eigenvalue weighted by molar-refractivity contribution is -0.144. The number of ether oxygens (including phenoxy) is 2. The molecule has 0 bridgehead atoms. The van der Waals surface area contributed by atoms with Gasteiger partial charge in [0.05, 0.1) is 31.2 Å². The molecule has 1 aromatic heterocycles. The van der Waals surface area contributed by atoms with Gasteiger partial charge in [-0.05, 0) is 68.2 Å². The van der Waals surface area contributed by atoms with Gasteiger partial charge in [0.15, 0.2) is 0 Å².